The van der Waals surface area contributed by atoms with Crippen molar-refractivity contribution in [3.05, 3.63) is 38.7 Å². The second kappa shape index (κ2) is 7.97. The van der Waals surface area contributed by atoms with E-state index in [2.05, 4.69) is 31.4 Å². The highest BCUT2D eigenvalue weighted by atomic mass is 35.5. The lowest BCUT2D eigenvalue weighted by Gasteiger charge is -2.36. The largest absolute Gasteiger partial charge is 0.503 e. The summed E-state index contributed by atoms with van der Waals surface area (Å²) in [5, 5.41) is 17.8. The van der Waals surface area contributed by atoms with Gasteiger partial charge in [0.25, 0.3) is 5.91 Å². The lowest BCUT2D eigenvalue weighted by molar-refractivity contribution is 0.0934. The monoisotopic (exact) mass is 448 g/mol. The molecule has 2 atom stereocenters. The summed E-state index contributed by atoms with van der Waals surface area (Å²) in [5.41, 5.74) is 3.06. The van der Waals surface area contributed by atoms with E-state index in [1.165, 1.54) is 10.4 Å². The molecule has 2 aromatic rings. The number of anilines is 1. The van der Waals surface area contributed by atoms with Crippen LogP contribution in [-0.2, 0) is 12.8 Å². The zero-order valence-corrected chi connectivity index (χ0v) is 19.5. The average molecular weight is 449 g/mol. The number of fused-ring (bicyclic) bond motifs is 3. The molecule has 0 spiro atoms. The molecule has 5 nitrogen and oxygen atoms in total. The molecule has 0 saturated carbocycles. The van der Waals surface area contributed by atoms with E-state index in [1.807, 2.05) is 6.92 Å². The highest BCUT2D eigenvalue weighted by Gasteiger charge is 2.37. The van der Waals surface area contributed by atoms with Crippen LogP contribution in [0.1, 0.15) is 73.1 Å². The molecule has 0 saturated heterocycles. The number of aromatic hydroxyl groups is 1. The molecule has 0 radical (unpaired) electrons. The Hall–Kier alpha value is -1.92. The van der Waals surface area contributed by atoms with Crippen molar-refractivity contribution in [2.24, 2.45) is 11.3 Å². The molecule has 30 heavy (non-hydrogen) atoms. The zero-order valence-electron chi connectivity index (χ0n) is 17.9. The molecule has 0 bridgehead atoms. The predicted octanol–water partition coefficient (Wildman–Crippen LogP) is 5.90. The second-order valence-electron chi connectivity index (χ2n) is 8.82. The lowest BCUT2D eigenvalue weighted by atomic mass is 9.69. The van der Waals surface area contributed by atoms with Gasteiger partial charge in [0, 0.05) is 4.88 Å². The first-order valence-corrected chi connectivity index (χ1v) is 11.8. The molecule has 1 amide bonds. The first-order chi connectivity index (χ1) is 14.2. The highest BCUT2D eigenvalue weighted by Crippen LogP contribution is 2.47. The fourth-order valence-corrected chi connectivity index (χ4v) is 6.02. The molecule has 162 valence electrons. The number of hydrogen-bond acceptors (Lipinski definition) is 5. The second-order valence-corrected chi connectivity index (χ2v) is 10.3. The number of amides is 1. The summed E-state index contributed by atoms with van der Waals surface area (Å²) in [7, 11) is 0. The Morgan fingerprint density at radius 1 is 1.30 bits per heavy atom. The molecular weight excluding hydrogens is 420 g/mol. The standard InChI is InChI=1S/C23H29ClN2O3S/c1-5-23(3,4)13-7-8-14-17(11-13)30-22-18(14)21(28)25-20(26-22)12-9-15(24)19(27)16(10-12)29-6-2/h9-10,13,20,26-27H,5-8,11H2,1-4H3,(H,25,28)/t13-,20+/m1/s1. The minimum absolute atomic E-state index is 0.0541. The summed E-state index contributed by atoms with van der Waals surface area (Å²) >= 11 is 7.90. The maximum absolute atomic E-state index is 13.0. The Balaban J connectivity index is 1.64. The van der Waals surface area contributed by atoms with E-state index in [0.717, 1.165) is 41.8 Å². The number of carbonyl (C=O) groups is 1. The quantitative estimate of drug-likeness (QED) is 0.532. The number of hydrogen-bond donors (Lipinski definition) is 3. The fourth-order valence-electron chi connectivity index (χ4n) is 4.45. The number of benzene rings is 1. The van der Waals surface area contributed by atoms with Gasteiger partial charge < -0.3 is 20.5 Å². The molecule has 0 unspecified atom stereocenters. The molecular formula is C23H29ClN2O3S. The van der Waals surface area contributed by atoms with E-state index >= 15 is 0 Å². The number of phenols is 1. The van der Waals surface area contributed by atoms with Gasteiger partial charge in [0.15, 0.2) is 11.5 Å². The van der Waals surface area contributed by atoms with Crippen molar-refractivity contribution in [1.29, 1.82) is 0 Å². The van der Waals surface area contributed by atoms with Crippen molar-refractivity contribution in [1.82, 2.24) is 5.32 Å². The molecule has 1 aliphatic carbocycles. The van der Waals surface area contributed by atoms with Crippen LogP contribution < -0.4 is 15.4 Å². The van der Waals surface area contributed by atoms with E-state index in [9.17, 15) is 9.90 Å². The van der Waals surface area contributed by atoms with Gasteiger partial charge in [-0.05, 0) is 60.8 Å². The van der Waals surface area contributed by atoms with E-state index in [0.29, 0.717) is 23.7 Å². The Kier molecular flexibility index (Phi) is 5.66. The SMILES string of the molecule is CCOc1cc([C@H]2NC(=O)c3c(sc4c3CC[C@@H](C(C)(C)CC)C4)N2)cc(Cl)c1O. The van der Waals surface area contributed by atoms with Crippen LogP contribution in [0.15, 0.2) is 12.1 Å². The van der Waals surface area contributed by atoms with Gasteiger partial charge in [0.05, 0.1) is 17.2 Å². The summed E-state index contributed by atoms with van der Waals surface area (Å²) in [6.07, 6.45) is 3.84. The van der Waals surface area contributed by atoms with Gasteiger partial charge >= 0.3 is 0 Å². The lowest BCUT2D eigenvalue weighted by Crippen LogP contribution is -2.38. The molecule has 3 N–H and O–H groups in total. The molecule has 1 aromatic heterocycles. The van der Waals surface area contributed by atoms with Crippen molar-refractivity contribution in [3.63, 3.8) is 0 Å². The van der Waals surface area contributed by atoms with Gasteiger partial charge in [-0.15, -0.1) is 11.3 Å². The van der Waals surface area contributed by atoms with Crippen molar-refractivity contribution in [2.45, 2.75) is 59.5 Å². The summed E-state index contributed by atoms with van der Waals surface area (Å²) in [4.78, 5) is 14.4. The summed E-state index contributed by atoms with van der Waals surface area (Å²) in [5.74, 6) is 0.818. The van der Waals surface area contributed by atoms with Gasteiger partial charge in [-0.2, -0.15) is 0 Å². The number of halogens is 1. The number of ether oxygens (including phenoxy) is 1. The van der Waals surface area contributed by atoms with Gasteiger partial charge in [-0.25, -0.2) is 0 Å². The van der Waals surface area contributed by atoms with Gasteiger partial charge in [-0.3, -0.25) is 4.79 Å². The fraction of sp³-hybridized carbons (Fsp3) is 0.522. The minimum atomic E-state index is -0.426. The third-order valence-electron chi connectivity index (χ3n) is 6.74. The molecule has 2 aliphatic rings. The summed E-state index contributed by atoms with van der Waals surface area (Å²) in [6.45, 7) is 9.21. The van der Waals surface area contributed by atoms with Crippen LogP contribution in [0.25, 0.3) is 0 Å². The van der Waals surface area contributed by atoms with Crippen LogP contribution in [0.5, 0.6) is 11.5 Å². The third-order valence-corrected chi connectivity index (χ3v) is 8.22. The maximum atomic E-state index is 13.0. The van der Waals surface area contributed by atoms with E-state index in [4.69, 9.17) is 16.3 Å². The molecule has 2 heterocycles. The smallest absolute Gasteiger partial charge is 0.256 e. The zero-order chi connectivity index (χ0) is 21.6. The van der Waals surface area contributed by atoms with Crippen molar-refractivity contribution in [3.8, 4) is 11.5 Å². The van der Waals surface area contributed by atoms with E-state index < -0.39 is 6.17 Å². The Morgan fingerprint density at radius 3 is 2.77 bits per heavy atom. The Labute approximate surface area is 186 Å². The van der Waals surface area contributed by atoms with E-state index in [1.54, 1.807) is 23.5 Å². The first-order valence-electron chi connectivity index (χ1n) is 10.6. The molecule has 7 heteroatoms. The number of carbonyl (C=O) groups excluding carboxylic acids is 1. The Bertz CT molecular complexity index is 985. The van der Waals surface area contributed by atoms with Crippen LogP contribution >= 0.6 is 22.9 Å². The van der Waals surface area contributed by atoms with Crippen LogP contribution in [0.2, 0.25) is 5.02 Å². The number of nitrogens with one attached hydrogen (secondary N) is 2. The molecule has 0 fully saturated rings. The number of rotatable bonds is 5. The average Bonchev–Trinajstić information content (AvgIpc) is 3.09. The summed E-state index contributed by atoms with van der Waals surface area (Å²) in [6, 6.07) is 3.39. The highest BCUT2D eigenvalue weighted by molar-refractivity contribution is 7.16. The van der Waals surface area contributed by atoms with Crippen molar-refractivity contribution >= 4 is 33.8 Å². The normalized spacial score (nSPS) is 20.8. The Morgan fingerprint density at radius 2 is 2.07 bits per heavy atom. The van der Waals surface area contributed by atoms with Gasteiger partial charge in [-0.1, -0.05) is 38.8 Å². The van der Waals surface area contributed by atoms with Crippen molar-refractivity contribution < 1.29 is 14.6 Å². The van der Waals surface area contributed by atoms with Crippen LogP contribution in [0.4, 0.5) is 5.00 Å². The number of thiophene rings is 1. The summed E-state index contributed by atoms with van der Waals surface area (Å²) < 4.78 is 5.49. The maximum Gasteiger partial charge on any atom is 0.256 e. The van der Waals surface area contributed by atoms with E-state index in [-0.39, 0.29) is 16.7 Å². The number of phenolic OH excluding ortho intramolecular Hbond substituents is 1. The molecule has 4 rings (SSSR count). The molecule has 1 aromatic carbocycles. The molecule has 1 aliphatic heterocycles. The van der Waals surface area contributed by atoms with Crippen molar-refractivity contribution in [2.75, 3.05) is 11.9 Å². The van der Waals surface area contributed by atoms with Crippen LogP contribution in [-0.4, -0.2) is 17.6 Å². The third kappa shape index (κ3) is 3.65. The van der Waals surface area contributed by atoms with Crippen LogP contribution in [0.3, 0.4) is 0 Å². The van der Waals surface area contributed by atoms with Crippen LogP contribution in [0, 0.1) is 11.3 Å². The minimum Gasteiger partial charge on any atom is -0.503 e. The predicted molar refractivity (Wildman–Crippen MR) is 122 cm³/mol. The van der Waals surface area contributed by atoms with Gasteiger partial charge in [0.2, 0.25) is 0 Å². The topological polar surface area (TPSA) is 70.6 Å². The first kappa shape index (κ1) is 21.3. The van der Waals surface area contributed by atoms with Gasteiger partial charge in [0.1, 0.15) is 11.2 Å².